The zero-order valence-corrected chi connectivity index (χ0v) is 11.6. The maximum atomic E-state index is 12.2. The number of likely N-dealkylation sites (tertiary alicyclic amines) is 1. The summed E-state index contributed by atoms with van der Waals surface area (Å²) >= 11 is 0. The van der Waals surface area contributed by atoms with Crippen LogP contribution in [-0.4, -0.2) is 40.9 Å². The van der Waals surface area contributed by atoms with Crippen LogP contribution in [0, 0.1) is 5.92 Å². The molecule has 1 aromatic carbocycles. The van der Waals surface area contributed by atoms with Gasteiger partial charge in [-0.3, -0.25) is 9.59 Å². The number of carboxylic acids is 1. The van der Waals surface area contributed by atoms with Gasteiger partial charge in [-0.2, -0.15) is 0 Å². The van der Waals surface area contributed by atoms with E-state index in [0.717, 1.165) is 0 Å². The number of amides is 2. The summed E-state index contributed by atoms with van der Waals surface area (Å²) in [6.07, 6.45) is 1.36. The molecule has 112 valence electrons. The van der Waals surface area contributed by atoms with Gasteiger partial charge in [0, 0.05) is 19.0 Å². The lowest BCUT2D eigenvalue weighted by molar-refractivity contribution is -0.134. The van der Waals surface area contributed by atoms with E-state index in [9.17, 15) is 14.4 Å². The molecule has 6 heteroatoms. The molecule has 1 saturated heterocycles. The van der Waals surface area contributed by atoms with Crippen LogP contribution in [0.2, 0.25) is 0 Å². The molecule has 0 aliphatic carbocycles. The molecule has 0 spiro atoms. The minimum atomic E-state index is -1.01. The van der Waals surface area contributed by atoms with Gasteiger partial charge < -0.3 is 15.7 Å². The molecule has 0 atom stereocenters. The molecule has 1 aliphatic heterocycles. The number of carboxylic acid groups (broad SMARTS) is 1. The highest BCUT2D eigenvalue weighted by atomic mass is 16.4. The Labute approximate surface area is 122 Å². The van der Waals surface area contributed by atoms with Crippen LogP contribution in [0.5, 0.6) is 0 Å². The van der Waals surface area contributed by atoms with Crippen molar-refractivity contribution in [3.05, 3.63) is 35.4 Å². The van der Waals surface area contributed by atoms with E-state index in [1.807, 2.05) is 0 Å². The molecule has 1 aliphatic rings. The van der Waals surface area contributed by atoms with Crippen LogP contribution in [0.1, 0.15) is 28.8 Å². The monoisotopic (exact) mass is 290 g/mol. The molecular formula is C15H18N2O4. The lowest BCUT2D eigenvalue weighted by atomic mass is 9.96. The van der Waals surface area contributed by atoms with Crippen molar-refractivity contribution >= 4 is 17.8 Å². The number of nitrogens with zero attached hydrogens (tertiary/aromatic N) is 1. The Hall–Kier alpha value is -2.37. The largest absolute Gasteiger partial charge is 0.478 e. The summed E-state index contributed by atoms with van der Waals surface area (Å²) in [5.41, 5.74) is 6.11. The summed E-state index contributed by atoms with van der Waals surface area (Å²) in [4.78, 5) is 35.9. The number of rotatable bonds is 4. The van der Waals surface area contributed by atoms with Crippen LogP contribution < -0.4 is 5.73 Å². The van der Waals surface area contributed by atoms with Gasteiger partial charge in [-0.15, -0.1) is 0 Å². The van der Waals surface area contributed by atoms with Gasteiger partial charge in [0.25, 0.3) is 0 Å². The first-order valence-corrected chi connectivity index (χ1v) is 6.86. The fraction of sp³-hybridized carbons (Fsp3) is 0.400. The van der Waals surface area contributed by atoms with Crippen molar-refractivity contribution in [3.8, 4) is 0 Å². The first kappa shape index (κ1) is 15.0. The zero-order valence-electron chi connectivity index (χ0n) is 11.6. The number of aromatic carboxylic acids is 1. The van der Waals surface area contributed by atoms with Crippen molar-refractivity contribution < 1.29 is 19.5 Å². The predicted molar refractivity (Wildman–Crippen MR) is 75.6 cm³/mol. The van der Waals surface area contributed by atoms with Gasteiger partial charge in [0.15, 0.2) is 0 Å². The molecule has 1 fully saturated rings. The predicted octanol–water partition coefficient (Wildman–Crippen LogP) is 0.651. The minimum absolute atomic E-state index is 0.0551. The summed E-state index contributed by atoms with van der Waals surface area (Å²) in [6, 6.07) is 6.37. The van der Waals surface area contributed by atoms with Gasteiger partial charge in [0.05, 0.1) is 12.0 Å². The molecule has 0 radical (unpaired) electrons. The van der Waals surface area contributed by atoms with Crippen LogP contribution in [0.25, 0.3) is 0 Å². The number of hydrogen-bond donors (Lipinski definition) is 2. The molecule has 21 heavy (non-hydrogen) atoms. The molecule has 3 N–H and O–H groups in total. The molecule has 2 rings (SSSR count). The van der Waals surface area contributed by atoms with Gasteiger partial charge in [-0.25, -0.2) is 4.79 Å². The van der Waals surface area contributed by atoms with Gasteiger partial charge in [-0.1, -0.05) is 12.1 Å². The van der Waals surface area contributed by atoms with E-state index in [0.29, 0.717) is 31.5 Å². The number of hydrogen-bond acceptors (Lipinski definition) is 3. The highest BCUT2D eigenvalue weighted by Gasteiger charge is 2.25. The van der Waals surface area contributed by atoms with Crippen molar-refractivity contribution in [1.29, 1.82) is 0 Å². The second-order valence-electron chi connectivity index (χ2n) is 5.24. The van der Waals surface area contributed by atoms with Crippen molar-refractivity contribution in [3.63, 3.8) is 0 Å². The van der Waals surface area contributed by atoms with E-state index in [2.05, 4.69) is 0 Å². The number of primary amides is 1. The number of nitrogens with two attached hydrogens (primary N) is 1. The van der Waals surface area contributed by atoms with Crippen LogP contribution in [0.15, 0.2) is 24.3 Å². The normalized spacial score (nSPS) is 15.7. The Bertz CT molecular complexity index is 563. The second kappa shape index (κ2) is 6.39. The van der Waals surface area contributed by atoms with Gasteiger partial charge in [0.2, 0.25) is 11.8 Å². The Morgan fingerprint density at radius 3 is 2.48 bits per heavy atom. The van der Waals surface area contributed by atoms with Crippen molar-refractivity contribution in [2.45, 2.75) is 19.3 Å². The number of benzene rings is 1. The third-order valence-corrected chi connectivity index (χ3v) is 3.78. The molecule has 2 amide bonds. The van der Waals surface area contributed by atoms with E-state index in [-0.39, 0.29) is 29.7 Å². The SMILES string of the molecule is NC(=O)C1CCN(C(=O)Cc2cccc(C(=O)O)c2)CC1. The number of carbonyl (C=O) groups excluding carboxylic acids is 2. The Morgan fingerprint density at radius 2 is 1.90 bits per heavy atom. The van der Waals surface area contributed by atoms with E-state index >= 15 is 0 Å². The fourth-order valence-corrected chi connectivity index (χ4v) is 2.51. The van der Waals surface area contributed by atoms with E-state index in [1.165, 1.54) is 12.1 Å². The molecule has 0 bridgehead atoms. The Balaban J connectivity index is 1.95. The molecule has 1 heterocycles. The van der Waals surface area contributed by atoms with Gasteiger partial charge in [0.1, 0.15) is 0 Å². The highest BCUT2D eigenvalue weighted by molar-refractivity contribution is 5.88. The smallest absolute Gasteiger partial charge is 0.335 e. The molecule has 0 aromatic heterocycles. The topological polar surface area (TPSA) is 101 Å². The quantitative estimate of drug-likeness (QED) is 0.850. The van der Waals surface area contributed by atoms with Crippen LogP contribution >= 0.6 is 0 Å². The number of piperidine rings is 1. The van der Waals surface area contributed by atoms with Crippen molar-refractivity contribution in [2.24, 2.45) is 11.7 Å². The first-order valence-electron chi connectivity index (χ1n) is 6.86. The summed E-state index contributed by atoms with van der Waals surface area (Å²) in [5, 5.41) is 8.93. The molecule has 0 unspecified atom stereocenters. The number of carbonyl (C=O) groups is 3. The summed E-state index contributed by atoms with van der Waals surface area (Å²) < 4.78 is 0. The summed E-state index contributed by atoms with van der Waals surface area (Å²) in [7, 11) is 0. The van der Waals surface area contributed by atoms with Gasteiger partial charge in [-0.05, 0) is 30.5 Å². The highest BCUT2D eigenvalue weighted by Crippen LogP contribution is 2.18. The lowest BCUT2D eigenvalue weighted by Gasteiger charge is -2.30. The average Bonchev–Trinajstić information content (AvgIpc) is 2.47. The standard InChI is InChI=1S/C15H18N2O4/c16-14(19)11-4-6-17(7-5-11)13(18)9-10-2-1-3-12(8-10)15(20)21/h1-3,8,11H,4-7,9H2,(H2,16,19)(H,20,21). The third kappa shape index (κ3) is 3.81. The molecule has 1 aromatic rings. The van der Waals surface area contributed by atoms with E-state index in [4.69, 9.17) is 10.8 Å². The van der Waals surface area contributed by atoms with Crippen LogP contribution in [0.3, 0.4) is 0 Å². The average molecular weight is 290 g/mol. The Kier molecular flexibility index (Phi) is 4.57. The summed E-state index contributed by atoms with van der Waals surface area (Å²) in [6.45, 7) is 1.04. The Morgan fingerprint density at radius 1 is 1.24 bits per heavy atom. The molecule has 0 saturated carbocycles. The third-order valence-electron chi connectivity index (χ3n) is 3.78. The minimum Gasteiger partial charge on any atom is -0.478 e. The summed E-state index contributed by atoms with van der Waals surface area (Å²) in [5.74, 6) is -1.52. The second-order valence-corrected chi connectivity index (χ2v) is 5.24. The van der Waals surface area contributed by atoms with Crippen LogP contribution in [-0.2, 0) is 16.0 Å². The molecule has 6 nitrogen and oxygen atoms in total. The first-order chi connectivity index (χ1) is 9.97. The lowest BCUT2D eigenvalue weighted by Crippen LogP contribution is -2.42. The van der Waals surface area contributed by atoms with Gasteiger partial charge >= 0.3 is 5.97 Å². The zero-order chi connectivity index (χ0) is 15.4. The van der Waals surface area contributed by atoms with Crippen molar-refractivity contribution in [1.82, 2.24) is 4.90 Å². The van der Waals surface area contributed by atoms with Crippen molar-refractivity contribution in [2.75, 3.05) is 13.1 Å². The maximum absolute atomic E-state index is 12.2. The molecular weight excluding hydrogens is 272 g/mol. The maximum Gasteiger partial charge on any atom is 0.335 e. The van der Waals surface area contributed by atoms with E-state index < -0.39 is 5.97 Å². The van der Waals surface area contributed by atoms with E-state index in [1.54, 1.807) is 17.0 Å². The fourth-order valence-electron chi connectivity index (χ4n) is 2.51. The van der Waals surface area contributed by atoms with Crippen LogP contribution in [0.4, 0.5) is 0 Å².